The lowest BCUT2D eigenvalue weighted by Crippen LogP contribution is -2.27. The van der Waals surface area contributed by atoms with Crippen LogP contribution in [0.2, 0.25) is 0 Å². The first-order valence-electron chi connectivity index (χ1n) is 10.0. The smallest absolute Gasteiger partial charge is 0.251 e. The van der Waals surface area contributed by atoms with E-state index >= 15 is 0 Å². The van der Waals surface area contributed by atoms with Crippen LogP contribution < -0.4 is 10.1 Å². The SMILES string of the molecule is COc1cc(C)c([C@@H](C)NC(=O)c2ccc3c(c2)CCCC3)cc1C(C)C. The third-order valence-electron chi connectivity index (χ3n) is 5.67. The van der Waals surface area contributed by atoms with Gasteiger partial charge in [0.25, 0.3) is 5.91 Å². The summed E-state index contributed by atoms with van der Waals surface area (Å²) in [5.74, 6) is 1.28. The second-order valence-corrected chi connectivity index (χ2v) is 7.99. The van der Waals surface area contributed by atoms with Gasteiger partial charge in [-0.1, -0.05) is 19.9 Å². The topological polar surface area (TPSA) is 38.3 Å². The molecule has 2 aromatic rings. The van der Waals surface area contributed by atoms with E-state index in [1.165, 1.54) is 29.5 Å². The fourth-order valence-electron chi connectivity index (χ4n) is 4.04. The summed E-state index contributed by atoms with van der Waals surface area (Å²) in [6.07, 6.45) is 4.69. The van der Waals surface area contributed by atoms with Crippen LogP contribution in [0, 0.1) is 6.92 Å². The highest BCUT2D eigenvalue weighted by molar-refractivity contribution is 5.94. The molecule has 1 aliphatic carbocycles. The summed E-state index contributed by atoms with van der Waals surface area (Å²) in [5.41, 5.74) is 6.95. The van der Waals surface area contributed by atoms with Crippen LogP contribution in [0.3, 0.4) is 0 Å². The summed E-state index contributed by atoms with van der Waals surface area (Å²) in [6.45, 7) is 8.44. The van der Waals surface area contributed by atoms with Gasteiger partial charge in [-0.3, -0.25) is 4.79 Å². The van der Waals surface area contributed by atoms with E-state index in [0.717, 1.165) is 35.3 Å². The number of hydrogen-bond donors (Lipinski definition) is 1. The quantitative estimate of drug-likeness (QED) is 0.760. The van der Waals surface area contributed by atoms with Gasteiger partial charge in [-0.05, 0) is 97.5 Å². The molecule has 0 saturated heterocycles. The summed E-state index contributed by atoms with van der Waals surface area (Å²) >= 11 is 0. The van der Waals surface area contributed by atoms with Crippen LogP contribution in [0.15, 0.2) is 30.3 Å². The third-order valence-corrected chi connectivity index (χ3v) is 5.67. The largest absolute Gasteiger partial charge is 0.496 e. The van der Waals surface area contributed by atoms with Crippen molar-refractivity contribution < 1.29 is 9.53 Å². The monoisotopic (exact) mass is 365 g/mol. The molecule has 0 radical (unpaired) electrons. The second-order valence-electron chi connectivity index (χ2n) is 7.99. The van der Waals surface area contributed by atoms with Crippen LogP contribution in [0.25, 0.3) is 0 Å². The molecular formula is C24H31NO2. The molecule has 3 rings (SSSR count). The van der Waals surface area contributed by atoms with E-state index in [2.05, 4.69) is 57.3 Å². The van der Waals surface area contributed by atoms with Crippen molar-refractivity contribution in [1.82, 2.24) is 5.32 Å². The highest BCUT2D eigenvalue weighted by Gasteiger charge is 2.18. The average molecular weight is 366 g/mol. The van der Waals surface area contributed by atoms with E-state index in [1.54, 1.807) is 7.11 Å². The maximum absolute atomic E-state index is 12.8. The first-order valence-corrected chi connectivity index (χ1v) is 10.0. The summed E-state index contributed by atoms with van der Waals surface area (Å²) in [6, 6.07) is 10.4. The normalized spacial score (nSPS) is 14.6. The number of nitrogens with one attached hydrogen (secondary N) is 1. The molecule has 0 saturated carbocycles. The highest BCUT2D eigenvalue weighted by Crippen LogP contribution is 2.32. The molecule has 1 amide bonds. The van der Waals surface area contributed by atoms with Gasteiger partial charge in [-0.15, -0.1) is 0 Å². The van der Waals surface area contributed by atoms with Gasteiger partial charge in [0, 0.05) is 5.56 Å². The second kappa shape index (κ2) is 8.16. The summed E-state index contributed by atoms with van der Waals surface area (Å²) in [5, 5.41) is 3.18. The molecule has 0 aromatic heterocycles. The van der Waals surface area contributed by atoms with Gasteiger partial charge in [0.05, 0.1) is 13.2 Å². The van der Waals surface area contributed by atoms with Crippen molar-refractivity contribution in [3.8, 4) is 5.75 Å². The van der Waals surface area contributed by atoms with E-state index in [9.17, 15) is 4.79 Å². The number of benzene rings is 2. The van der Waals surface area contributed by atoms with Crippen molar-refractivity contribution in [2.45, 2.75) is 65.3 Å². The highest BCUT2D eigenvalue weighted by atomic mass is 16.5. The summed E-state index contributed by atoms with van der Waals surface area (Å²) < 4.78 is 5.54. The van der Waals surface area contributed by atoms with Crippen LogP contribution in [-0.4, -0.2) is 13.0 Å². The molecule has 0 heterocycles. The Labute approximate surface area is 163 Å². The predicted octanol–water partition coefficient (Wildman–Crippen LogP) is 5.50. The number of hydrogen-bond acceptors (Lipinski definition) is 2. The number of carbonyl (C=O) groups is 1. The maximum Gasteiger partial charge on any atom is 0.251 e. The van der Waals surface area contributed by atoms with Crippen LogP contribution in [0.5, 0.6) is 5.75 Å². The van der Waals surface area contributed by atoms with Crippen molar-refractivity contribution in [2.24, 2.45) is 0 Å². The molecular weight excluding hydrogens is 334 g/mol. The number of fused-ring (bicyclic) bond motifs is 1. The van der Waals surface area contributed by atoms with Gasteiger partial charge in [-0.2, -0.15) is 0 Å². The van der Waals surface area contributed by atoms with Crippen molar-refractivity contribution in [3.63, 3.8) is 0 Å². The molecule has 144 valence electrons. The van der Waals surface area contributed by atoms with E-state index in [0.29, 0.717) is 5.92 Å². The molecule has 0 aliphatic heterocycles. The predicted molar refractivity (Wildman–Crippen MR) is 111 cm³/mol. The summed E-state index contributed by atoms with van der Waals surface area (Å²) in [4.78, 5) is 12.8. The molecule has 1 aliphatic rings. The van der Waals surface area contributed by atoms with E-state index < -0.39 is 0 Å². The summed E-state index contributed by atoms with van der Waals surface area (Å²) in [7, 11) is 1.71. The Hall–Kier alpha value is -2.29. The lowest BCUT2D eigenvalue weighted by atomic mass is 9.90. The number of aryl methyl sites for hydroxylation is 3. The molecule has 0 bridgehead atoms. The number of ether oxygens (including phenoxy) is 1. The third kappa shape index (κ3) is 4.18. The van der Waals surface area contributed by atoms with E-state index in [1.807, 2.05) is 6.07 Å². The molecule has 1 N–H and O–H groups in total. The minimum atomic E-state index is -0.0584. The molecule has 3 nitrogen and oxygen atoms in total. The lowest BCUT2D eigenvalue weighted by molar-refractivity contribution is 0.0939. The van der Waals surface area contributed by atoms with Crippen LogP contribution in [-0.2, 0) is 12.8 Å². The van der Waals surface area contributed by atoms with Gasteiger partial charge < -0.3 is 10.1 Å². The molecule has 0 spiro atoms. The minimum absolute atomic E-state index is 0.00260. The molecule has 2 aromatic carbocycles. The average Bonchev–Trinajstić information content (AvgIpc) is 2.66. The van der Waals surface area contributed by atoms with Gasteiger partial charge in [0.1, 0.15) is 5.75 Å². The van der Waals surface area contributed by atoms with E-state index in [-0.39, 0.29) is 11.9 Å². The van der Waals surface area contributed by atoms with Crippen molar-refractivity contribution in [3.05, 3.63) is 63.7 Å². The maximum atomic E-state index is 12.8. The van der Waals surface area contributed by atoms with Crippen molar-refractivity contribution >= 4 is 5.91 Å². The fourth-order valence-corrected chi connectivity index (χ4v) is 4.04. The Morgan fingerprint density at radius 2 is 1.70 bits per heavy atom. The Bertz CT molecular complexity index is 839. The molecule has 27 heavy (non-hydrogen) atoms. The minimum Gasteiger partial charge on any atom is -0.496 e. The van der Waals surface area contributed by atoms with Crippen LogP contribution in [0.4, 0.5) is 0 Å². The van der Waals surface area contributed by atoms with Crippen molar-refractivity contribution in [1.29, 1.82) is 0 Å². The molecule has 0 unspecified atom stereocenters. The number of methoxy groups -OCH3 is 1. The zero-order valence-corrected chi connectivity index (χ0v) is 17.2. The zero-order chi connectivity index (χ0) is 19.6. The fraction of sp³-hybridized carbons (Fsp3) is 0.458. The van der Waals surface area contributed by atoms with Gasteiger partial charge in [-0.25, -0.2) is 0 Å². The number of amides is 1. The number of rotatable bonds is 5. The zero-order valence-electron chi connectivity index (χ0n) is 17.2. The van der Waals surface area contributed by atoms with Gasteiger partial charge in [0.15, 0.2) is 0 Å². The molecule has 1 atom stereocenters. The Morgan fingerprint density at radius 3 is 2.37 bits per heavy atom. The molecule has 0 fully saturated rings. The van der Waals surface area contributed by atoms with Gasteiger partial charge >= 0.3 is 0 Å². The standard InChI is InChI=1S/C24H31NO2/c1-15(2)21-14-22(16(3)12-23(21)27-5)17(4)25-24(26)20-11-10-18-8-6-7-9-19(18)13-20/h10-15,17H,6-9H2,1-5H3,(H,25,26)/t17-/m1/s1. The first-order chi connectivity index (χ1) is 12.9. The first kappa shape index (κ1) is 19.5. The van der Waals surface area contributed by atoms with Crippen molar-refractivity contribution in [2.75, 3.05) is 7.11 Å². The molecule has 3 heteroatoms. The Kier molecular flexibility index (Phi) is 5.88. The van der Waals surface area contributed by atoms with Gasteiger partial charge in [0.2, 0.25) is 0 Å². The van der Waals surface area contributed by atoms with Crippen LogP contribution in [0.1, 0.15) is 83.7 Å². The Morgan fingerprint density at radius 1 is 1.00 bits per heavy atom. The number of carbonyl (C=O) groups excluding carboxylic acids is 1. The van der Waals surface area contributed by atoms with E-state index in [4.69, 9.17) is 4.74 Å². The Balaban J connectivity index is 1.81. The lowest BCUT2D eigenvalue weighted by Gasteiger charge is -2.21. The van der Waals surface area contributed by atoms with Crippen LogP contribution >= 0.6 is 0 Å².